The second kappa shape index (κ2) is 7.95. The van der Waals surface area contributed by atoms with Gasteiger partial charge in [-0.15, -0.1) is 0 Å². The third-order valence-corrected chi connectivity index (χ3v) is 5.54. The van der Waals surface area contributed by atoms with Gasteiger partial charge in [-0.25, -0.2) is 0 Å². The average Bonchev–Trinajstić information content (AvgIpc) is 3.09. The maximum absolute atomic E-state index is 12.3. The van der Waals surface area contributed by atoms with Crippen molar-refractivity contribution in [3.63, 3.8) is 0 Å². The van der Waals surface area contributed by atoms with Gasteiger partial charge in [0.25, 0.3) is 5.56 Å². The Labute approximate surface area is 156 Å². The Morgan fingerprint density at radius 1 is 1.31 bits per heavy atom. The van der Waals surface area contributed by atoms with Gasteiger partial charge in [-0.1, -0.05) is 42.3 Å². The molecule has 0 aliphatic heterocycles. The third-order valence-electron chi connectivity index (χ3n) is 4.58. The third kappa shape index (κ3) is 4.27. The fraction of sp³-hybridized carbons (Fsp3) is 0.421. The van der Waals surface area contributed by atoms with E-state index in [1.807, 2.05) is 32.0 Å². The molecule has 2 N–H and O–H groups in total. The summed E-state index contributed by atoms with van der Waals surface area (Å²) in [6, 6.07) is 7.08. The van der Waals surface area contributed by atoms with E-state index in [1.165, 1.54) is 11.8 Å². The first kappa shape index (κ1) is 18.5. The first-order chi connectivity index (χ1) is 12.4. The lowest BCUT2D eigenvalue weighted by Gasteiger charge is -2.17. The summed E-state index contributed by atoms with van der Waals surface area (Å²) in [5, 5.41) is 13.0. The molecule has 6 nitrogen and oxygen atoms in total. The van der Waals surface area contributed by atoms with Crippen LogP contribution in [0.5, 0.6) is 5.88 Å². The normalized spacial score (nSPS) is 14.5. The van der Waals surface area contributed by atoms with Crippen LogP contribution in [0.25, 0.3) is 0 Å². The summed E-state index contributed by atoms with van der Waals surface area (Å²) >= 11 is 1.18. The predicted octanol–water partition coefficient (Wildman–Crippen LogP) is 3.41. The van der Waals surface area contributed by atoms with E-state index in [2.05, 4.69) is 10.3 Å². The number of amides is 1. The average molecular weight is 373 g/mol. The number of anilines is 1. The minimum absolute atomic E-state index is 0.0977. The summed E-state index contributed by atoms with van der Waals surface area (Å²) in [6.45, 7) is 3.95. The van der Waals surface area contributed by atoms with Gasteiger partial charge in [-0.3, -0.25) is 14.2 Å². The summed E-state index contributed by atoms with van der Waals surface area (Å²) in [7, 11) is 0. The molecule has 1 fully saturated rings. The number of hydrogen-bond donors (Lipinski definition) is 2. The molecule has 26 heavy (non-hydrogen) atoms. The van der Waals surface area contributed by atoms with E-state index in [1.54, 1.807) is 4.57 Å². The Morgan fingerprint density at radius 2 is 2.04 bits per heavy atom. The second-order valence-electron chi connectivity index (χ2n) is 6.70. The van der Waals surface area contributed by atoms with Crippen molar-refractivity contribution in [2.24, 2.45) is 0 Å². The zero-order chi connectivity index (χ0) is 18.7. The number of aryl methyl sites for hydroxylation is 2. The van der Waals surface area contributed by atoms with Crippen molar-refractivity contribution >= 4 is 23.4 Å². The molecule has 7 heteroatoms. The van der Waals surface area contributed by atoms with Gasteiger partial charge in [0.15, 0.2) is 5.16 Å². The van der Waals surface area contributed by atoms with Gasteiger partial charge in [0, 0.05) is 11.7 Å². The molecule has 1 aromatic carbocycles. The highest BCUT2D eigenvalue weighted by atomic mass is 32.2. The van der Waals surface area contributed by atoms with Gasteiger partial charge in [0.1, 0.15) is 0 Å². The highest BCUT2D eigenvalue weighted by molar-refractivity contribution is 7.99. The number of benzene rings is 1. The van der Waals surface area contributed by atoms with Crippen molar-refractivity contribution in [3.8, 4) is 5.88 Å². The number of aromatic hydroxyl groups is 1. The zero-order valence-corrected chi connectivity index (χ0v) is 15.8. The summed E-state index contributed by atoms with van der Waals surface area (Å²) < 4.78 is 1.63. The molecule has 0 saturated heterocycles. The van der Waals surface area contributed by atoms with E-state index in [-0.39, 0.29) is 29.1 Å². The van der Waals surface area contributed by atoms with Crippen LogP contribution in [0.3, 0.4) is 0 Å². The van der Waals surface area contributed by atoms with Gasteiger partial charge >= 0.3 is 0 Å². The van der Waals surface area contributed by atoms with Crippen LogP contribution in [-0.4, -0.2) is 26.3 Å². The largest absolute Gasteiger partial charge is 0.493 e. The molecule has 1 heterocycles. The maximum Gasteiger partial charge on any atom is 0.258 e. The number of carbonyl (C=O) groups excluding carboxylic acids is 1. The van der Waals surface area contributed by atoms with Gasteiger partial charge in [0.05, 0.1) is 11.8 Å². The number of carbonyl (C=O) groups is 1. The van der Waals surface area contributed by atoms with E-state index < -0.39 is 0 Å². The van der Waals surface area contributed by atoms with Crippen molar-refractivity contribution < 1.29 is 9.90 Å². The Kier molecular flexibility index (Phi) is 5.66. The molecule has 0 radical (unpaired) electrons. The molecule has 0 unspecified atom stereocenters. The quantitative estimate of drug-likeness (QED) is 0.620. The topological polar surface area (TPSA) is 84.2 Å². The number of nitrogens with zero attached hydrogens (tertiary/aromatic N) is 2. The molecule has 3 rings (SSSR count). The highest BCUT2D eigenvalue weighted by Gasteiger charge is 2.22. The summed E-state index contributed by atoms with van der Waals surface area (Å²) in [5.41, 5.74) is 2.65. The van der Waals surface area contributed by atoms with Gasteiger partial charge in [0.2, 0.25) is 11.8 Å². The van der Waals surface area contributed by atoms with E-state index in [9.17, 15) is 14.7 Å². The Hall–Kier alpha value is -2.28. The van der Waals surface area contributed by atoms with Crippen LogP contribution in [-0.2, 0) is 4.79 Å². The van der Waals surface area contributed by atoms with Crippen LogP contribution in [0.2, 0.25) is 0 Å². The standard InChI is InChI=1S/C19H23N3O3S/c1-12-7-8-15(13(2)9-12)20-17(24)11-26-19-21-16(23)10-18(25)22(19)14-5-3-4-6-14/h7-10,14,23H,3-6,11H2,1-2H3,(H,20,24). The molecule has 138 valence electrons. The maximum atomic E-state index is 12.3. The Balaban J connectivity index is 1.72. The van der Waals surface area contributed by atoms with E-state index in [0.717, 1.165) is 48.6 Å². The first-order valence-corrected chi connectivity index (χ1v) is 9.75. The molecule has 2 aromatic rings. The molecular weight excluding hydrogens is 350 g/mol. The Bertz CT molecular complexity index is 873. The fourth-order valence-corrected chi connectivity index (χ4v) is 4.20. The van der Waals surface area contributed by atoms with Crippen molar-refractivity contribution in [2.75, 3.05) is 11.1 Å². The van der Waals surface area contributed by atoms with E-state index in [0.29, 0.717) is 5.16 Å². The molecule has 1 aliphatic carbocycles. The SMILES string of the molecule is Cc1ccc(NC(=O)CSc2nc(O)cc(=O)n2C2CCCC2)c(C)c1. The number of aromatic nitrogens is 2. The monoisotopic (exact) mass is 373 g/mol. The molecule has 1 amide bonds. The van der Waals surface area contributed by atoms with Gasteiger partial charge in [-0.05, 0) is 38.3 Å². The molecule has 0 spiro atoms. The van der Waals surface area contributed by atoms with E-state index >= 15 is 0 Å². The number of nitrogens with one attached hydrogen (secondary N) is 1. The molecule has 0 bridgehead atoms. The molecule has 1 aliphatic rings. The van der Waals surface area contributed by atoms with Gasteiger partial charge < -0.3 is 10.4 Å². The van der Waals surface area contributed by atoms with Crippen LogP contribution in [0, 0.1) is 13.8 Å². The number of rotatable bonds is 5. The van der Waals surface area contributed by atoms with Gasteiger partial charge in [-0.2, -0.15) is 4.98 Å². The zero-order valence-electron chi connectivity index (χ0n) is 15.0. The minimum atomic E-state index is -0.304. The molecular formula is C19H23N3O3S. The summed E-state index contributed by atoms with van der Waals surface area (Å²) in [6.07, 6.45) is 4.01. The van der Waals surface area contributed by atoms with Crippen molar-refractivity contribution in [3.05, 3.63) is 45.7 Å². The lowest BCUT2D eigenvalue weighted by molar-refractivity contribution is -0.113. The summed E-state index contributed by atoms with van der Waals surface area (Å²) in [4.78, 5) is 28.7. The van der Waals surface area contributed by atoms with Crippen LogP contribution in [0.4, 0.5) is 5.69 Å². The van der Waals surface area contributed by atoms with E-state index in [4.69, 9.17) is 0 Å². The van der Waals surface area contributed by atoms with Crippen LogP contribution < -0.4 is 10.9 Å². The molecule has 1 saturated carbocycles. The number of hydrogen-bond acceptors (Lipinski definition) is 5. The number of thioether (sulfide) groups is 1. The van der Waals surface area contributed by atoms with Crippen LogP contribution in [0.1, 0.15) is 42.9 Å². The Morgan fingerprint density at radius 3 is 2.73 bits per heavy atom. The minimum Gasteiger partial charge on any atom is -0.493 e. The van der Waals surface area contributed by atoms with Crippen molar-refractivity contribution in [2.45, 2.75) is 50.7 Å². The second-order valence-corrected chi connectivity index (χ2v) is 7.64. The smallest absolute Gasteiger partial charge is 0.258 e. The van der Waals surface area contributed by atoms with Crippen molar-refractivity contribution in [1.82, 2.24) is 9.55 Å². The lowest BCUT2D eigenvalue weighted by Crippen LogP contribution is -2.26. The van der Waals surface area contributed by atoms with Crippen molar-refractivity contribution in [1.29, 1.82) is 0 Å². The van der Waals surface area contributed by atoms with Crippen LogP contribution in [0.15, 0.2) is 34.2 Å². The molecule has 1 aromatic heterocycles. The van der Waals surface area contributed by atoms with Crippen LogP contribution >= 0.6 is 11.8 Å². The fourth-order valence-electron chi connectivity index (χ4n) is 3.33. The first-order valence-electron chi connectivity index (χ1n) is 8.76. The predicted molar refractivity (Wildman–Crippen MR) is 103 cm³/mol. The lowest BCUT2D eigenvalue weighted by atomic mass is 10.1. The highest BCUT2D eigenvalue weighted by Crippen LogP contribution is 2.31. The summed E-state index contributed by atoms with van der Waals surface area (Å²) in [5.74, 6) is -0.352. The molecule has 0 atom stereocenters.